The summed E-state index contributed by atoms with van der Waals surface area (Å²) in [4.78, 5) is 30.7. The van der Waals surface area contributed by atoms with Crippen LogP contribution < -0.4 is 10.6 Å². The van der Waals surface area contributed by atoms with Crippen LogP contribution in [0.15, 0.2) is 48.5 Å². The number of rotatable bonds is 4. The summed E-state index contributed by atoms with van der Waals surface area (Å²) >= 11 is 5.78. The molecule has 2 amide bonds. The van der Waals surface area contributed by atoms with Gasteiger partial charge in [-0.2, -0.15) is 0 Å². The molecular formula is C16H13ClN4O2. The lowest BCUT2D eigenvalue weighted by Gasteiger charge is -2.07. The molecule has 6 nitrogen and oxygen atoms in total. The van der Waals surface area contributed by atoms with Gasteiger partial charge in [-0.05, 0) is 41.9 Å². The van der Waals surface area contributed by atoms with Crippen LogP contribution in [-0.2, 0) is 4.79 Å². The lowest BCUT2D eigenvalue weighted by molar-refractivity contribution is -0.115. The van der Waals surface area contributed by atoms with Crippen LogP contribution in [0.2, 0.25) is 5.28 Å². The molecule has 116 valence electrons. The van der Waals surface area contributed by atoms with Gasteiger partial charge in [0.1, 0.15) is 0 Å². The fourth-order valence-electron chi connectivity index (χ4n) is 2.11. The number of H-pyrrole nitrogens is 1. The van der Waals surface area contributed by atoms with Crippen LogP contribution in [0.1, 0.15) is 10.4 Å². The van der Waals surface area contributed by atoms with Gasteiger partial charge in [0.05, 0.1) is 17.6 Å². The second-order valence-electron chi connectivity index (χ2n) is 4.86. The maximum atomic E-state index is 11.9. The maximum absolute atomic E-state index is 11.9. The number of carbonyl (C=O) groups is 2. The average molecular weight is 329 g/mol. The molecule has 3 rings (SSSR count). The van der Waals surface area contributed by atoms with Gasteiger partial charge in [0.25, 0.3) is 5.91 Å². The van der Waals surface area contributed by atoms with Crippen molar-refractivity contribution >= 4 is 40.1 Å². The van der Waals surface area contributed by atoms with Crippen LogP contribution >= 0.6 is 11.6 Å². The summed E-state index contributed by atoms with van der Waals surface area (Å²) in [6.07, 6.45) is 0. The monoisotopic (exact) mass is 328 g/mol. The molecule has 1 heterocycles. The Kier molecular flexibility index (Phi) is 4.25. The first-order valence-electron chi connectivity index (χ1n) is 6.90. The molecule has 1 aromatic heterocycles. The fourth-order valence-corrected chi connectivity index (χ4v) is 2.31. The largest absolute Gasteiger partial charge is 0.343 e. The van der Waals surface area contributed by atoms with Crippen LogP contribution in [0.4, 0.5) is 5.69 Å². The van der Waals surface area contributed by atoms with E-state index in [-0.39, 0.29) is 18.4 Å². The molecule has 7 heteroatoms. The number of aromatic amines is 1. The molecule has 0 atom stereocenters. The average Bonchev–Trinajstić information content (AvgIpc) is 2.92. The molecule has 2 aromatic carbocycles. The SMILES string of the molecule is O=C(CNC(=O)c1ccccc1)Nc1ccc2nc(Cl)[nH]c2c1. The predicted molar refractivity (Wildman–Crippen MR) is 88.5 cm³/mol. The van der Waals surface area contributed by atoms with Gasteiger partial charge in [-0.1, -0.05) is 18.2 Å². The lowest BCUT2D eigenvalue weighted by Crippen LogP contribution is -2.32. The summed E-state index contributed by atoms with van der Waals surface area (Å²) in [6, 6.07) is 13.9. The van der Waals surface area contributed by atoms with Crippen molar-refractivity contribution in [2.24, 2.45) is 0 Å². The molecule has 3 N–H and O–H groups in total. The van der Waals surface area contributed by atoms with Gasteiger partial charge in [0.15, 0.2) is 0 Å². The number of anilines is 1. The molecule has 0 radical (unpaired) electrons. The summed E-state index contributed by atoms with van der Waals surface area (Å²) in [5, 5.41) is 5.56. The number of hydrogen-bond acceptors (Lipinski definition) is 3. The number of carbonyl (C=O) groups excluding carboxylic acids is 2. The topological polar surface area (TPSA) is 86.9 Å². The van der Waals surface area contributed by atoms with Crippen LogP contribution in [0.3, 0.4) is 0 Å². The van der Waals surface area contributed by atoms with Gasteiger partial charge in [-0.25, -0.2) is 4.98 Å². The van der Waals surface area contributed by atoms with Crippen LogP contribution in [0.25, 0.3) is 11.0 Å². The Morgan fingerprint density at radius 2 is 1.91 bits per heavy atom. The number of benzene rings is 2. The first-order chi connectivity index (χ1) is 11.1. The smallest absolute Gasteiger partial charge is 0.251 e. The van der Waals surface area contributed by atoms with Gasteiger partial charge in [0.2, 0.25) is 11.2 Å². The van der Waals surface area contributed by atoms with Gasteiger partial charge >= 0.3 is 0 Å². The third-order valence-corrected chi connectivity index (χ3v) is 3.36. The molecule has 23 heavy (non-hydrogen) atoms. The van der Waals surface area contributed by atoms with E-state index in [1.165, 1.54) is 0 Å². The van der Waals surface area contributed by atoms with E-state index in [1.807, 2.05) is 6.07 Å². The Hall–Kier alpha value is -2.86. The molecule has 3 aromatic rings. The van der Waals surface area contributed by atoms with Crippen molar-refractivity contribution in [3.8, 4) is 0 Å². The van der Waals surface area contributed by atoms with Gasteiger partial charge < -0.3 is 15.6 Å². The lowest BCUT2D eigenvalue weighted by atomic mass is 10.2. The van der Waals surface area contributed by atoms with Gasteiger partial charge in [0, 0.05) is 11.3 Å². The number of nitrogens with zero attached hydrogens (tertiary/aromatic N) is 1. The van der Waals surface area contributed by atoms with E-state index in [0.29, 0.717) is 22.1 Å². The quantitative estimate of drug-likeness (QED) is 0.688. The van der Waals surface area contributed by atoms with Gasteiger partial charge in [-0.3, -0.25) is 9.59 Å². The van der Waals surface area contributed by atoms with E-state index in [0.717, 1.165) is 5.52 Å². The number of fused-ring (bicyclic) bond motifs is 1. The number of halogens is 1. The number of imidazole rings is 1. The number of amides is 2. The standard InChI is InChI=1S/C16H13ClN4O2/c17-16-20-12-7-6-11(8-13(12)21-16)19-14(22)9-18-15(23)10-4-2-1-3-5-10/h1-8H,9H2,(H,18,23)(H,19,22)(H,20,21). The van der Waals surface area contributed by atoms with Crippen LogP contribution in [0.5, 0.6) is 0 Å². The highest BCUT2D eigenvalue weighted by Crippen LogP contribution is 2.18. The molecule has 0 aliphatic rings. The van der Waals surface area contributed by atoms with Gasteiger partial charge in [-0.15, -0.1) is 0 Å². The van der Waals surface area contributed by atoms with Crippen molar-refractivity contribution in [3.63, 3.8) is 0 Å². The molecule has 0 fully saturated rings. The Morgan fingerprint density at radius 3 is 2.70 bits per heavy atom. The molecule has 0 unspecified atom stereocenters. The molecular weight excluding hydrogens is 316 g/mol. The van der Waals surface area contributed by atoms with Crippen molar-refractivity contribution in [2.45, 2.75) is 0 Å². The fraction of sp³-hybridized carbons (Fsp3) is 0.0625. The molecule has 0 bridgehead atoms. The zero-order chi connectivity index (χ0) is 16.2. The Balaban J connectivity index is 1.59. The van der Waals surface area contributed by atoms with Crippen molar-refractivity contribution < 1.29 is 9.59 Å². The number of nitrogens with one attached hydrogen (secondary N) is 3. The second-order valence-corrected chi connectivity index (χ2v) is 5.21. The minimum Gasteiger partial charge on any atom is -0.343 e. The summed E-state index contributed by atoms with van der Waals surface area (Å²) in [7, 11) is 0. The van der Waals surface area contributed by atoms with E-state index in [4.69, 9.17) is 11.6 Å². The van der Waals surface area contributed by atoms with Crippen LogP contribution in [0, 0.1) is 0 Å². The third-order valence-electron chi connectivity index (χ3n) is 3.18. The first kappa shape index (κ1) is 15.1. The van der Waals surface area contributed by atoms with Crippen molar-refractivity contribution in [1.82, 2.24) is 15.3 Å². The molecule has 0 saturated carbocycles. The molecule has 0 aliphatic carbocycles. The Labute approximate surface area is 136 Å². The summed E-state index contributed by atoms with van der Waals surface area (Å²) < 4.78 is 0. The summed E-state index contributed by atoms with van der Waals surface area (Å²) in [5.41, 5.74) is 2.54. The first-order valence-corrected chi connectivity index (χ1v) is 7.28. The molecule has 0 saturated heterocycles. The van der Waals surface area contributed by atoms with Crippen LogP contribution in [-0.4, -0.2) is 28.3 Å². The number of hydrogen-bond donors (Lipinski definition) is 3. The summed E-state index contributed by atoms with van der Waals surface area (Å²) in [5.74, 6) is -0.615. The van der Waals surface area contributed by atoms with Crippen molar-refractivity contribution in [3.05, 3.63) is 59.4 Å². The van der Waals surface area contributed by atoms with E-state index < -0.39 is 0 Å². The minimum absolute atomic E-state index is 0.116. The highest BCUT2D eigenvalue weighted by molar-refractivity contribution is 6.29. The third kappa shape index (κ3) is 3.67. The van der Waals surface area contributed by atoms with Crippen molar-refractivity contribution in [1.29, 1.82) is 0 Å². The normalized spacial score (nSPS) is 10.5. The van der Waals surface area contributed by atoms with E-state index in [1.54, 1.807) is 42.5 Å². The highest BCUT2D eigenvalue weighted by Gasteiger charge is 2.08. The maximum Gasteiger partial charge on any atom is 0.251 e. The number of aromatic nitrogens is 2. The van der Waals surface area contributed by atoms with E-state index in [2.05, 4.69) is 20.6 Å². The Bertz CT molecular complexity index is 861. The van der Waals surface area contributed by atoms with E-state index in [9.17, 15) is 9.59 Å². The summed E-state index contributed by atoms with van der Waals surface area (Å²) in [6.45, 7) is -0.116. The highest BCUT2D eigenvalue weighted by atomic mass is 35.5. The predicted octanol–water partition coefficient (Wildman–Crippen LogP) is 2.58. The Morgan fingerprint density at radius 1 is 1.13 bits per heavy atom. The van der Waals surface area contributed by atoms with Crippen molar-refractivity contribution in [2.75, 3.05) is 11.9 Å². The second kappa shape index (κ2) is 6.50. The zero-order valence-electron chi connectivity index (χ0n) is 12.0. The zero-order valence-corrected chi connectivity index (χ0v) is 12.7. The van der Waals surface area contributed by atoms with E-state index >= 15 is 0 Å². The molecule has 0 spiro atoms. The molecule has 0 aliphatic heterocycles. The minimum atomic E-state index is -0.320.